The number of anilines is 2. The second-order valence-electron chi connectivity index (χ2n) is 6.42. The largest absolute Gasteiger partial charge is 0.495 e. The van der Waals surface area contributed by atoms with E-state index in [2.05, 4.69) is 15.3 Å². The Kier molecular flexibility index (Phi) is 5.82. The summed E-state index contributed by atoms with van der Waals surface area (Å²) in [6.07, 6.45) is 1.46. The zero-order valence-electron chi connectivity index (χ0n) is 15.5. The molecule has 0 amide bonds. The van der Waals surface area contributed by atoms with Crippen LogP contribution in [0.3, 0.4) is 0 Å². The summed E-state index contributed by atoms with van der Waals surface area (Å²) in [5, 5.41) is 4.60. The van der Waals surface area contributed by atoms with Crippen LogP contribution in [0.4, 0.5) is 11.5 Å². The summed E-state index contributed by atoms with van der Waals surface area (Å²) in [4.78, 5) is 22.3. The predicted octanol–water partition coefficient (Wildman–Crippen LogP) is 5.22. The summed E-state index contributed by atoms with van der Waals surface area (Å²) in [6, 6.07) is 5.28. The summed E-state index contributed by atoms with van der Waals surface area (Å²) >= 11 is 7.41. The molecular formula is C19H20ClN3O3S. The highest BCUT2D eigenvalue weighted by atomic mass is 35.5. The van der Waals surface area contributed by atoms with Crippen molar-refractivity contribution in [3.63, 3.8) is 0 Å². The van der Waals surface area contributed by atoms with Crippen LogP contribution in [0.15, 0.2) is 24.5 Å². The summed E-state index contributed by atoms with van der Waals surface area (Å²) < 4.78 is 10.8. The number of hydrogen-bond donors (Lipinski definition) is 1. The van der Waals surface area contributed by atoms with Gasteiger partial charge in [0, 0.05) is 5.02 Å². The van der Waals surface area contributed by atoms with E-state index < -0.39 is 0 Å². The fraction of sp³-hybridized carbons (Fsp3) is 0.316. The van der Waals surface area contributed by atoms with Gasteiger partial charge in [0.2, 0.25) is 0 Å². The van der Waals surface area contributed by atoms with E-state index in [0.29, 0.717) is 38.6 Å². The molecule has 0 aliphatic carbocycles. The van der Waals surface area contributed by atoms with Crippen LogP contribution in [0.2, 0.25) is 5.02 Å². The molecule has 0 bridgehead atoms. The molecule has 6 nitrogen and oxygen atoms in total. The van der Waals surface area contributed by atoms with E-state index >= 15 is 0 Å². The van der Waals surface area contributed by atoms with Gasteiger partial charge in [0.25, 0.3) is 0 Å². The number of halogens is 1. The highest BCUT2D eigenvalue weighted by molar-refractivity contribution is 7.20. The van der Waals surface area contributed by atoms with E-state index in [1.165, 1.54) is 17.7 Å². The maximum absolute atomic E-state index is 12.4. The first kappa shape index (κ1) is 19.4. The number of carbonyl (C=O) groups is 1. The van der Waals surface area contributed by atoms with Crippen molar-refractivity contribution in [2.24, 2.45) is 5.92 Å². The Bertz CT molecular complexity index is 988. The number of rotatable bonds is 6. The standard InChI is InChI=1S/C19H20ClN3O3S/c1-10(2)8-26-19(24)16-11(3)15-17(21-9-22-18(15)27-16)23-13-7-12(20)5-6-14(13)25-4/h5-7,9-10H,8H2,1-4H3,(H,21,22,23). The topological polar surface area (TPSA) is 73.3 Å². The molecule has 0 radical (unpaired) electrons. The summed E-state index contributed by atoms with van der Waals surface area (Å²) in [7, 11) is 1.59. The lowest BCUT2D eigenvalue weighted by molar-refractivity contribution is 0.0464. The second-order valence-corrected chi connectivity index (χ2v) is 7.86. The zero-order chi connectivity index (χ0) is 19.6. The van der Waals surface area contributed by atoms with Gasteiger partial charge in [-0.15, -0.1) is 11.3 Å². The zero-order valence-corrected chi connectivity index (χ0v) is 17.1. The van der Waals surface area contributed by atoms with Gasteiger partial charge in [-0.05, 0) is 36.6 Å². The average Bonchev–Trinajstić information content (AvgIpc) is 2.98. The molecule has 0 aliphatic rings. The van der Waals surface area contributed by atoms with Gasteiger partial charge in [-0.25, -0.2) is 14.8 Å². The summed E-state index contributed by atoms with van der Waals surface area (Å²) in [5.74, 6) is 1.15. The molecule has 1 aromatic carbocycles. The molecule has 0 fully saturated rings. The molecule has 0 unspecified atom stereocenters. The van der Waals surface area contributed by atoms with Crippen molar-refractivity contribution in [2.75, 3.05) is 19.0 Å². The van der Waals surface area contributed by atoms with Crippen LogP contribution in [0.25, 0.3) is 10.2 Å². The van der Waals surface area contributed by atoms with Gasteiger partial charge < -0.3 is 14.8 Å². The number of methoxy groups -OCH3 is 1. The number of esters is 1. The molecule has 2 heterocycles. The quantitative estimate of drug-likeness (QED) is 0.567. The number of carbonyl (C=O) groups excluding carboxylic acids is 1. The van der Waals surface area contributed by atoms with Crippen molar-refractivity contribution in [3.8, 4) is 5.75 Å². The van der Waals surface area contributed by atoms with E-state index in [0.717, 1.165) is 10.9 Å². The number of benzene rings is 1. The Morgan fingerprint density at radius 3 is 2.81 bits per heavy atom. The Labute approximate surface area is 166 Å². The van der Waals surface area contributed by atoms with Crippen molar-refractivity contribution in [2.45, 2.75) is 20.8 Å². The average molecular weight is 406 g/mol. The van der Waals surface area contributed by atoms with Crippen LogP contribution < -0.4 is 10.1 Å². The molecule has 3 rings (SSSR count). The molecule has 0 saturated carbocycles. The highest BCUT2D eigenvalue weighted by Crippen LogP contribution is 2.37. The first-order valence-corrected chi connectivity index (χ1v) is 9.62. The number of nitrogens with zero attached hydrogens (tertiary/aromatic N) is 2. The van der Waals surface area contributed by atoms with Crippen molar-refractivity contribution in [1.82, 2.24) is 9.97 Å². The van der Waals surface area contributed by atoms with Crippen molar-refractivity contribution in [3.05, 3.63) is 40.0 Å². The summed E-state index contributed by atoms with van der Waals surface area (Å²) in [6.45, 7) is 6.24. The summed E-state index contributed by atoms with van der Waals surface area (Å²) in [5.41, 5.74) is 1.47. The number of aromatic nitrogens is 2. The van der Waals surface area contributed by atoms with Gasteiger partial charge in [-0.1, -0.05) is 25.4 Å². The molecular weight excluding hydrogens is 386 g/mol. The Hall–Kier alpha value is -2.38. The number of thiophene rings is 1. The van der Waals surface area contributed by atoms with Crippen LogP contribution in [0.1, 0.15) is 29.1 Å². The molecule has 142 valence electrons. The van der Waals surface area contributed by atoms with Crippen LogP contribution in [-0.4, -0.2) is 29.7 Å². The van der Waals surface area contributed by atoms with Gasteiger partial charge in [-0.2, -0.15) is 0 Å². The first-order valence-electron chi connectivity index (χ1n) is 8.42. The molecule has 0 atom stereocenters. The lowest BCUT2D eigenvalue weighted by Crippen LogP contribution is -2.09. The predicted molar refractivity (Wildman–Crippen MR) is 109 cm³/mol. The van der Waals surface area contributed by atoms with Crippen LogP contribution in [0, 0.1) is 12.8 Å². The van der Waals surface area contributed by atoms with E-state index in [1.54, 1.807) is 25.3 Å². The highest BCUT2D eigenvalue weighted by Gasteiger charge is 2.21. The van der Waals surface area contributed by atoms with E-state index in [4.69, 9.17) is 21.1 Å². The Morgan fingerprint density at radius 2 is 2.11 bits per heavy atom. The first-order chi connectivity index (χ1) is 12.9. The van der Waals surface area contributed by atoms with E-state index in [-0.39, 0.29) is 11.9 Å². The van der Waals surface area contributed by atoms with Gasteiger partial charge >= 0.3 is 5.97 Å². The van der Waals surface area contributed by atoms with Crippen LogP contribution >= 0.6 is 22.9 Å². The maximum atomic E-state index is 12.4. The van der Waals surface area contributed by atoms with Gasteiger partial charge in [-0.3, -0.25) is 0 Å². The van der Waals surface area contributed by atoms with Crippen molar-refractivity contribution < 1.29 is 14.3 Å². The SMILES string of the molecule is COc1ccc(Cl)cc1Nc1ncnc2sc(C(=O)OCC(C)C)c(C)c12. The molecule has 27 heavy (non-hydrogen) atoms. The fourth-order valence-electron chi connectivity index (χ4n) is 2.57. The van der Waals surface area contributed by atoms with Crippen LogP contribution in [0.5, 0.6) is 5.75 Å². The third-order valence-electron chi connectivity index (χ3n) is 3.87. The van der Waals surface area contributed by atoms with Gasteiger partial charge in [0.1, 0.15) is 27.6 Å². The fourth-order valence-corrected chi connectivity index (χ4v) is 3.79. The smallest absolute Gasteiger partial charge is 0.348 e. The molecule has 0 saturated heterocycles. The molecule has 3 aromatic rings. The Morgan fingerprint density at radius 1 is 1.33 bits per heavy atom. The minimum atomic E-state index is -0.338. The Balaban J connectivity index is 2.00. The second kappa shape index (κ2) is 8.10. The van der Waals surface area contributed by atoms with Crippen molar-refractivity contribution >= 4 is 50.6 Å². The number of hydrogen-bond acceptors (Lipinski definition) is 7. The lowest BCUT2D eigenvalue weighted by atomic mass is 10.2. The number of aryl methyl sites for hydroxylation is 1. The molecule has 1 N–H and O–H groups in total. The van der Waals surface area contributed by atoms with E-state index in [9.17, 15) is 4.79 Å². The minimum Gasteiger partial charge on any atom is -0.495 e. The number of ether oxygens (including phenoxy) is 2. The maximum Gasteiger partial charge on any atom is 0.348 e. The molecule has 0 aliphatic heterocycles. The van der Waals surface area contributed by atoms with Gasteiger partial charge in [0.05, 0.1) is 24.8 Å². The van der Waals surface area contributed by atoms with Crippen LogP contribution in [-0.2, 0) is 4.74 Å². The number of fused-ring (bicyclic) bond motifs is 1. The molecule has 8 heteroatoms. The van der Waals surface area contributed by atoms with Crippen molar-refractivity contribution in [1.29, 1.82) is 0 Å². The molecule has 0 spiro atoms. The third kappa shape index (κ3) is 4.14. The lowest BCUT2D eigenvalue weighted by Gasteiger charge is -2.12. The molecule has 2 aromatic heterocycles. The monoisotopic (exact) mass is 405 g/mol. The number of nitrogens with one attached hydrogen (secondary N) is 1. The van der Waals surface area contributed by atoms with Gasteiger partial charge in [0.15, 0.2) is 0 Å². The normalized spacial score (nSPS) is 11.0. The minimum absolute atomic E-state index is 0.274. The third-order valence-corrected chi connectivity index (χ3v) is 5.29. The van der Waals surface area contributed by atoms with E-state index in [1.807, 2.05) is 20.8 Å².